The van der Waals surface area contributed by atoms with Crippen LogP contribution in [0.15, 0.2) is 115 Å². The minimum atomic E-state index is 0.354. The topological polar surface area (TPSA) is 42.5 Å². The van der Waals surface area contributed by atoms with Gasteiger partial charge in [-0.2, -0.15) is 0 Å². The van der Waals surface area contributed by atoms with Crippen LogP contribution in [-0.2, 0) is 0 Å². The Morgan fingerprint density at radius 3 is 2.05 bits per heavy atom. The number of hydrogen-bond acceptors (Lipinski definition) is 4. The summed E-state index contributed by atoms with van der Waals surface area (Å²) in [5.74, 6) is 3.59. The van der Waals surface area contributed by atoms with Gasteiger partial charge in [0.15, 0.2) is 0 Å². The van der Waals surface area contributed by atoms with Gasteiger partial charge >= 0.3 is 0 Å². The minimum absolute atomic E-state index is 0.354. The number of nitrogens with one attached hydrogen (secondary N) is 2. The van der Waals surface area contributed by atoms with Crippen LogP contribution in [0.1, 0.15) is 23.5 Å². The summed E-state index contributed by atoms with van der Waals surface area (Å²) in [7, 11) is 0. The SMILES string of the molecule is C1=CCNC(c2ccc3c(c2)Oc2ccccc2-c2ccccc2Oc2cc(C4C=CNCC4)ccc2-3)=C1. The second kappa shape index (κ2) is 9.64. The van der Waals surface area contributed by atoms with E-state index in [9.17, 15) is 0 Å². The summed E-state index contributed by atoms with van der Waals surface area (Å²) in [5.41, 5.74) is 7.42. The molecule has 1 atom stereocenters. The Morgan fingerprint density at radius 2 is 1.37 bits per heavy atom. The number of benzene rings is 4. The number of fused-ring (bicyclic) bond motifs is 6. The molecule has 0 aromatic heterocycles. The Balaban J connectivity index is 1.45. The molecule has 4 aromatic rings. The fourth-order valence-electron chi connectivity index (χ4n) is 5.41. The third-order valence-corrected chi connectivity index (χ3v) is 7.38. The van der Waals surface area contributed by atoms with Crippen molar-refractivity contribution in [2.45, 2.75) is 12.3 Å². The molecule has 0 amide bonds. The average Bonchev–Trinajstić information content (AvgIpc) is 2.99. The molecule has 2 N–H and O–H groups in total. The predicted octanol–water partition coefficient (Wildman–Crippen LogP) is 8.01. The molecule has 4 heteroatoms. The first-order chi connectivity index (χ1) is 18.8. The standard InChI is InChI=1S/C34H28N2O2/c1-3-10-31-26(7-1)27-8-2-4-11-32(27)38-34-22-25(30-9-5-6-18-36-30)13-15-29(34)28-14-12-24(21-33(28)37-31)23-16-19-35-20-17-23/h1-16,19,21-23,35-36H,17-18,20H2. The zero-order valence-corrected chi connectivity index (χ0v) is 21.0. The molecule has 4 aromatic carbocycles. The van der Waals surface area contributed by atoms with Crippen molar-refractivity contribution in [3.05, 3.63) is 127 Å². The van der Waals surface area contributed by atoms with Gasteiger partial charge in [-0.05, 0) is 54.6 Å². The highest BCUT2D eigenvalue weighted by atomic mass is 16.5. The van der Waals surface area contributed by atoms with E-state index in [-0.39, 0.29) is 0 Å². The fourth-order valence-corrected chi connectivity index (χ4v) is 5.41. The van der Waals surface area contributed by atoms with Crippen molar-refractivity contribution in [2.75, 3.05) is 13.1 Å². The van der Waals surface area contributed by atoms with Crippen molar-refractivity contribution in [2.24, 2.45) is 0 Å². The highest BCUT2D eigenvalue weighted by Crippen LogP contribution is 2.47. The van der Waals surface area contributed by atoms with E-state index in [1.165, 1.54) is 5.56 Å². The molecule has 1 unspecified atom stereocenters. The molecule has 3 aliphatic heterocycles. The smallest absolute Gasteiger partial charge is 0.136 e. The molecule has 7 rings (SSSR count). The summed E-state index contributed by atoms with van der Waals surface area (Å²) in [4.78, 5) is 0. The molecule has 0 saturated heterocycles. The Kier molecular flexibility index (Phi) is 5.71. The number of rotatable bonds is 2. The second-order valence-corrected chi connectivity index (χ2v) is 9.76. The van der Waals surface area contributed by atoms with E-state index in [2.05, 4.69) is 89.7 Å². The number of allylic oxidation sites excluding steroid dienone is 3. The quantitative estimate of drug-likeness (QED) is 0.260. The summed E-state index contributed by atoms with van der Waals surface area (Å²) >= 11 is 0. The molecular formula is C34H28N2O2. The van der Waals surface area contributed by atoms with Crippen LogP contribution in [0, 0.1) is 0 Å². The van der Waals surface area contributed by atoms with E-state index in [1.807, 2.05) is 36.4 Å². The van der Waals surface area contributed by atoms with Gasteiger partial charge in [0.25, 0.3) is 0 Å². The summed E-state index contributed by atoms with van der Waals surface area (Å²) < 4.78 is 13.5. The van der Waals surface area contributed by atoms with Crippen LogP contribution in [0.5, 0.6) is 23.0 Å². The molecule has 0 bridgehead atoms. The Bertz CT molecular complexity index is 1610. The van der Waals surface area contributed by atoms with Gasteiger partial charge in [-0.15, -0.1) is 0 Å². The number of para-hydroxylation sites is 2. The molecule has 0 saturated carbocycles. The fraction of sp³-hybridized carbons (Fsp3) is 0.118. The zero-order valence-electron chi connectivity index (χ0n) is 21.0. The molecule has 3 heterocycles. The molecule has 3 aliphatic rings. The normalized spacial score (nSPS) is 17.2. The monoisotopic (exact) mass is 496 g/mol. The Labute approximate surface area is 222 Å². The van der Waals surface area contributed by atoms with Crippen LogP contribution in [0.2, 0.25) is 0 Å². The van der Waals surface area contributed by atoms with Gasteiger partial charge in [-0.3, -0.25) is 0 Å². The van der Waals surface area contributed by atoms with Crippen LogP contribution < -0.4 is 20.1 Å². The third kappa shape index (κ3) is 4.14. The third-order valence-electron chi connectivity index (χ3n) is 7.38. The van der Waals surface area contributed by atoms with Crippen LogP contribution >= 0.6 is 0 Å². The zero-order chi connectivity index (χ0) is 25.3. The van der Waals surface area contributed by atoms with Crippen molar-refractivity contribution in [1.29, 1.82) is 0 Å². The maximum absolute atomic E-state index is 6.78. The maximum atomic E-state index is 6.78. The molecule has 0 fully saturated rings. The van der Waals surface area contributed by atoms with Crippen LogP contribution in [-0.4, -0.2) is 13.1 Å². The van der Waals surface area contributed by atoms with E-state index in [4.69, 9.17) is 9.47 Å². The van der Waals surface area contributed by atoms with Crippen molar-refractivity contribution in [1.82, 2.24) is 10.6 Å². The highest BCUT2D eigenvalue weighted by Gasteiger charge is 2.22. The second-order valence-electron chi connectivity index (χ2n) is 9.76. The van der Waals surface area contributed by atoms with Crippen LogP contribution in [0.4, 0.5) is 0 Å². The molecular weight excluding hydrogens is 468 g/mol. The van der Waals surface area contributed by atoms with Crippen LogP contribution in [0.25, 0.3) is 28.0 Å². The molecule has 0 aliphatic carbocycles. The molecule has 186 valence electrons. The molecule has 0 spiro atoms. The summed E-state index contributed by atoms with van der Waals surface area (Å²) in [6.07, 6.45) is 11.6. The summed E-state index contributed by atoms with van der Waals surface area (Å²) in [5, 5.41) is 6.78. The van der Waals surface area contributed by atoms with Gasteiger partial charge in [0, 0.05) is 52.5 Å². The van der Waals surface area contributed by atoms with Gasteiger partial charge in [-0.1, -0.05) is 72.8 Å². The van der Waals surface area contributed by atoms with E-state index in [0.29, 0.717) is 5.92 Å². The Morgan fingerprint density at radius 1 is 0.684 bits per heavy atom. The number of hydrogen-bond donors (Lipinski definition) is 2. The first-order valence-corrected chi connectivity index (χ1v) is 13.2. The lowest BCUT2D eigenvalue weighted by Gasteiger charge is -2.24. The summed E-state index contributed by atoms with van der Waals surface area (Å²) in [6, 6.07) is 29.4. The van der Waals surface area contributed by atoms with Crippen molar-refractivity contribution in [3.63, 3.8) is 0 Å². The average molecular weight is 497 g/mol. The lowest BCUT2D eigenvalue weighted by Crippen LogP contribution is -2.16. The number of dihydropyridines is 1. The lowest BCUT2D eigenvalue weighted by atomic mass is 9.91. The molecule has 38 heavy (non-hydrogen) atoms. The number of ether oxygens (including phenoxy) is 2. The van der Waals surface area contributed by atoms with E-state index in [1.54, 1.807) is 0 Å². The van der Waals surface area contributed by atoms with Gasteiger partial charge in [-0.25, -0.2) is 0 Å². The van der Waals surface area contributed by atoms with Gasteiger partial charge < -0.3 is 20.1 Å². The van der Waals surface area contributed by atoms with Crippen molar-refractivity contribution < 1.29 is 9.47 Å². The van der Waals surface area contributed by atoms with E-state index in [0.717, 1.165) is 76.0 Å². The maximum Gasteiger partial charge on any atom is 0.136 e. The van der Waals surface area contributed by atoms with E-state index < -0.39 is 0 Å². The van der Waals surface area contributed by atoms with Crippen molar-refractivity contribution >= 4 is 5.70 Å². The van der Waals surface area contributed by atoms with Crippen LogP contribution in [0.3, 0.4) is 0 Å². The first kappa shape index (κ1) is 22.5. The molecule has 4 nitrogen and oxygen atoms in total. The highest BCUT2D eigenvalue weighted by molar-refractivity contribution is 5.83. The first-order valence-electron chi connectivity index (χ1n) is 13.2. The van der Waals surface area contributed by atoms with Gasteiger partial charge in [0.2, 0.25) is 0 Å². The molecule has 0 radical (unpaired) electrons. The van der Waals surface area contributed by atoms with Crippen molar-refractivity contribution in [3.8, 4) is 45.3 Å². The largest absolute Gasteiger partial charge is 0.456 e. The Hall–Kier alpha value is -4.70. The lowest BCUT2D eigenvalue weighted by molar-refractivity contribution is 0.471. The van der Waals surface area contributed by atoms with E-state index >= 15 is 0 Å². The van der Waals surface area contributed by atoms with Gasteiger partial charge in [0.05, 0.1) is 0 Å². The summed E-state index contributed by atoms with van der Waals surface area (Å²) in [6.45, 7) is 1.78. The minimum Gasteiger partial charge on any atom is -0.456 e. The predicted molar refractivity (Wildman–Crippen MR) is 154 cm³/mol. The van der Waals surface area contributed by atoms with Gasteiger partial charge in [0.1, 0.15) is 23.0 Å².